The summed E-state index contributed by atoms with van der Waals surface area (Å²) in [6.45, 7) is 0.799. The summed E-state index contributed by atoms with van der Waals surface area (Å²) in [5, 5.41) is 0. The SMILES string of the molecule is COc1cccc(CNS(=O)(=O)CCCCN)c1. The molecule has 18 heavy (non-hydrogen) atoms. The van der Waals surface area contributed by atoms with E-state index in [9.17, 15) is 8.42 Å². The van der Waals surface area contributed by atoms with Gasteiger partial charge in [-0.25, -0.2) is 13.1 Å². The summed E-state index contributed by atoms with van der Waals surface area (Å²) in [6, 6.07) is 7.31. The fourth-order valence-electron chi connectivity index (χ4n) is 1.48. The fourth-order valence-corrected chi connectivity index (χ4v) is 2.60. The molecule has 0 spiro atoms. The predicted molar refractivity (Wildman–Crippen MR) is 71.9 cm³/mol. The molecule has 0 aliphatic carbocycles. The zero-order chi connectivity index (χ0) is 13.4. The van der Waals surface area contributed by atoms with Crippen LogP contribution in [0.5, 0.6) is 5.75 Å². The summed E-state index contributed by atoms with van der Waals surface area (Å²) >= 11 is 0. The first-order valence-electron chi connectivity index (χ1n) is 5.88. The summed E-state index contributed by atoms with van der Waals surface area (Å²) in [6.07, 6.45) is 1.31. The van der Waals surface area contributed by atoms with E-state index in [0.717, 1.165) is 17.7 Å². The molecule has 0 saturated carbocycles. The van der Waals surface area contributed by atoms with E-state index >= 15 is 0 Å². The molecule has 0 fully saturated rings. The summed E-state index contributed by atoms with van der Waals surface area (Å²) in [4.78, 5) is 0. The Hall–Kier alpha value is -1.11. The van der Waals surface area contributed by atoms with E-state index in [4.69, 9.17) is 10.5 Å². The van der Waals surface area contributed by atoms with Crippen LogP contribution < -0.4 is 15.2 Å². The zero-order valence-electron chi connectivity index (χ0n) is 10.6. The maximum atomic E-state index is 11.6. The van der Waals surface area contributed by atoms with Gasteiger partial charge < -0.3 is 10.5 Å². The first-order chi connectivity index (χ1) is 8.57. The summed E-state index contributed by atoms with van der Waals surface area (Å²) in [5.74, 6) is 0.837. The maximum absolute atomic E-state index is 11.6. The molecular weight excluding hydrogens is 252 g/mol. The van der Waals surface area contributed by atoms with E-state index in [-0.39, 0.29) is 12.3 Å². The molecule has 1 aromatic rings. The molecule has 3 N–H and O–H groups in total. The molecular formula is C12H20N2O3S. The summed E-state index contributed by atoms with van der Waals surface area (Å²) < 4.78 is 30.9. The number of hydrogen-bond acceptors (Lipinski definition) is 4. The van der Waals surface area contributed by atoms with E-state index in [1.54, 1.807) is 7.11 Å². The van der Waals surface area contributed by atoms with Crippen LogP contribution in [0, 0.1) is 0 Å². The zero-order valence-corrected chi connectivity index (χ0v) is 11.4. The quantitative estimate of drug-likeness (QED) is 0.688. The Labute approximate surface area is 108 Å². The molecule has 0 saturated heterocycles. The Balaban J connectivity index is 2.48. The van der Waals surface area contributed by atoms with Gasteiger partial charge in [0.05, 0.1) is 12.9 Å². The van der Waals surface area contributed by atoms with Gasteiger partial charge in [-0.15, -0.1) is 0 Å². The van der Waals surface area contributed by atoms with Crippen LogP contribution in [0.1, 0.15) is 18.4 Å². The number of rotatable bonds is 8. The van der Waals surface area contributed by atoms with Gasteiger partial charge >= 0.3 is 0 Å². The highest BCUT2D eigenvalue weighted by atomic mass is 32.2. The second-order valence-electron chi connectivity index (χ2n) is 3.99. The number of ether oxygens (including phenoxy) is 1. The minimum Gasteiger partial charge on any atom is -0.497 e. The van der Waals surface area contributed by atoms with Crippen LogP contribution in [-0.2, 0) is 16.6 Å². The van der Waals surface area contributed by atoms with Gasteiger partial charge in [-0.1, -0.05) is 12.1 Å². The van der Waals surface area contributed by atoms with Crippen molar-refractivity contribution in [1.29, 1.82) is 0 Å². The molecule has 1 rings (SSSR count). The number of methoxy groups -OCH3 is 1. The van der Waals surface area contributed by atoms with Crippen molar-refractivity contribution in [2.75, 3.05) is 19.4 Å². The van der Waals surface area contributed by atoms with E-state index in [1.165, 1.54) is 0 Å². The van der Waals surface area contributed by atoms with Crippen LogP contribution in [0.4, 0.5) is 0 Å². The van der Waals surface area contributed by atoms with Crippen LogP contribution >= 0.6 is 0 Å². The van der Waals surface area contributed by atoms with Crippen molar-refractivity contribution in [2.24, 2.45) is 5.73 Å². The number of unbranched alkanes of at least 4 members (excludes halogenated alkanes) is 1. The molecule has 0 aliphatic rings. The number of benzene rings is 1. The van der Waals surface area contributed by atoms with Gasteiger partial charge in [-0.05, 0) is 37.1 Å². The lowest BCUT2D eigenvalue weighted by Crippen LogP contribution is -2.26. The molecule has 0 aromatic heterocycles. The normalized spacial score (nSPS) is 11.4. The second-order valence-corrected chi connectivity index (χ2v) is 5.91. The first kappa shape index (κ1) is 14.9. The fraction of sp³-hybridized carbons (Fsp3) is 0.500. The number of nitrogens with one attached hydrogen (secondary N) is 1. The van der Waals surface area contributed by atoms with Crippen LogP contribution in [0.2, 0.25) is 0 Å². The monoisotopic (exact) mass is 272 g/mol. The van der Waals surface area contributed by atoms with Gasteiger partial charge in [-0.3, -0.25) is 0 Å². The molecule has 0 amide bonds. The lowest BCUT2D eigenvalue weighted by atomic mass is 10.2. The van der Waals surface area contributed by atoms with Gasteiger partial charge in [0.1, 0.15) is 5.75 Å². The third-order valence-electron chi connectivity index (χ3n) is 2.50. The molecule has 1 aromatic carbocycles. The van der Waals surface area contributed by atoms with Crippen LogP contribution in [0.15, 0.2) is 24.3 Å². The van der Waals surface area contributed by atoms with Crippen LogP contribution in [0.25, 0.3) is 0 Å². The standard InChI is InChI=1S/C12H20N2O3S/c1-17-12-6-4-5-11(9-12)10-14-18(15,16)8-3-2-7-13/h4-6,9,14H,2-3,7-8,10,13H2,1H3. The van der Waals surface area contributed by atoms with Crippen molar-refractivity contribution < 1.29 is 13.2 Å². The van der Waals surface area contributed by atoms with E-state index in [1.807, 2.05) is 24.3 Å². The third-order valence-corrected chi connectivity index (χ3v) is 3.91. The largest absolute Gasteiger partial charge is 0.497 e. The Morgan fingerprint density at radius 1 is 1.33 bits per heavy atom. The minimum absolute atomic E-state index is 0.119. The van der Waals surface area contributed by atoms with Crippen LogP contribution in [-0.4, -0.2) is 27.8 Å². The van der Waals surface area contributed by atoms with E-state index < -0.39 is 10.0 Å². The molecule has 102 valence electrons. The van der Waals surface area contributed by atoms with Gasteiger partial charge in [0.15, 0.2) is 0 Å². The Morgan fingerprint density at radius 3 is 2.78 bits per heavy atom. The highest BCUT2D eigenvalue weighted by Gasteiger charge is 2.09. The second kappa shape index (κ2) is 7.35. The summed E-state index contributed by atoms with van der Waals surface area (Å²) in [5.41, 5.74) is 6.20. The number of nitrogens with two attached hydrogens (primary N) is 1. The van der Waals surface area contributed by atoms with Crippen molar-refractivity contribution in [3.05, 3.63) is 29.8 Å². The smallest absolute Gasteiger partial charge is 0.211 e. The van der Waals surface area contributed by atoms with Crippen molar-refractivity contribution in [1.82, 2.24) is 4.72 Å². The van der Waals surface area contributed by atoms with Gasteiger partial charge in [-0.2, -0.15) is 0 Å². The average molecular weight is 272 g/mol. The molecule has 5 nitrogen and oxygen atoms in total. The van der Waals surface area contributed by atoms with Gasteiger partial charge in [0.2, 0.25) is 10.0 Å². The number of hydrogen-bond donors (Lipinski definition) is 2. The first-order valence-corrected chi connectivity index (χ1v) is 7.53. The molecule has 6 heteroatoms. The van der Waals surface area contributed by atoms with Crippen LogP contribution in [0.3, 0.4) is 0 Å². The Kier molecular flexibility index (Phi) is 6.11. The average Bonchev–Trinajstić information content (AvgIpc) is 2.37. The highest BCUT2D eigenvalue weighted by molar-refractivity contribution is 7.89. The molecule has 0 atom stereocenters. The molecule has 0 radical (unpaired) electrons. The predicted octanol–water partition coefficient (Wildman–Crippen LogP) is 0.853. The van der Waals surface area contributed by atoms with Gasteiger partial charge in [0.25, 0.3) is 0 Å². The Morgan fingerprint density at radius 2 is 2.11 bits per heavy atom. The van der Waals surface area contributed by atoms with Crippen molar-refractivity contribution in [2.45, 2.75) is 19.4 Å². The topological polar surface area (TPSA) is 81.4 Å². The number of sulfonamides is 1. The Bertz CT molecular complexity index is 460. The van der Waals surface area contributed by atoms with E-state index in [2.05, 4.69) is 4.72 Å². The maximum Gasteiger partial charge on any atom is 0.211 e. The van der Waals surface area contributed by atoms with Crippen molar-refractivity contribution in [3.63, 3.8) is 0 Å². The third kappa shape index (κ3) is 5.48. The van der Waals surface area contributed by atoms with Crippen molar-refractivity contribution >= 4 is 10.0 Å². The molecule has 0 aliphatic heterocycles. The summed E-state index contributed by atoms with van der Waals surface area (Å²) in [7, 11) is -1.64. The molecule has 0 heterocycles. The highest BCUT2D eigenvalue weighted by Crippen LogP contribution is 2.12. The molecule has 0 bridgehead atoms. The van der Waals surface area contributed by atoms with E-state index in [0.29, 0.717) is 13.0 Å². The lowest BCUT2D eigenvalue weighted by Gasteiger charge is -2.07. The van der Waals surface area contributed by atoms with Crippen molar-refractivity contribution in [3.8, 4) is 5.75 Å². The lowest BCUT2D eigenvalue weighted by molar-refractivity contribution is 0.414. The molecule has 0 unspecified atom stereocenters. The minimum atomic E-state index is -3.22. The van der Waals surface area contributed by atoms with Gasteiger partial charge in [0, 0.05) is 6.54 Å².